The minimum atomic E-state index is 0.164. The molecule has 1 aromatic rings. The number of ether oxygens (including phenoxy) is 1. The Bertz CT molecular complexity index is 372. The largest absolute Gasteiger partial charge is 0.497 e. The van der Waals surface area contributed by atoms with Crippen LogP contribution in [-0.4, -0.2) is 32.7 Å². The standard InChI is InChI=1S/C13H18N2O2/c1-17-12-4-2-10(3-5-12)6-7-15-13(16)11-8-14-9-11/h2-5,11,14H,6-9H2,1H3,(H,15,16). The number of rotatable bonds is 5. The number of benzene rings is 1. The van der Waals surface area contributed by atoms with Crippen LogP contribution in [0.25, 0.3) is 0 Å². The van der Waals surface area contributed by atoms with Crippen LogP contribution in [0, 0.1) is 5.92 Å². The van der Waals surface area contributed by atoms with Gasteiger partial charge in [-0.2, -0.15) is 0 Å². The highest BCUT2D eigenvalue weighted by atomic mass is 16.5. The molecule has 0 unspecified atom stereocenters. The molecule has 1 saturated heterocycles. The van der Waals surface area contributed by atoms with Crippen molar-refractivity contribution in [1.82, 2.24) is 10.6 Å². The Morgan fingerprint density at radius 3 is 2.65 bits per heavy atom. The van der Waals surface area contributed by atoms with Crippen LogP contribution in [0.5, 0.6) is 5.75 Å². The molecule has 92 valence electrons. The van der Waals surface area contributed by atoms with E-state index in [0.29, 0.717) is 6.54 Å². The summed E-state index contributed by atoms with van der Waals surface area (Å²) in [6.45, 7) is 2.32. The van der Waals surface area contributed by atoms with Gasteiger partial charge in [-0.1, -0.05) is 12.1 Å². The lowest BCUT2D eigenvalue weighted by molar-refractivity contribution is -0.126. The Morgan fingerprint density at radius 2 is 2.12 bits per heavy atom. The van der Waals surface area contributed by atoms with Crippen molar-refractivity contribution in [3.63, 3.8) is 0 Å². The van der Waals surface area contributed by atoms with E-state index in [4.69, 9.17) is 4.74 Å². The zero-order valence-corrected chi connectivity index (χ0v) is 10.0. The number of amides is 1. The predicted molar refractivity (Wildman–Crippen MR) is 66.1 cm³/mol. The number of hydrogen-bond acceptors (Lipinski definition) is 3. The Hall–Kier alpha value is -1.55. The van der Waals surface area contributed by atoms with Crippen LogP contribution in [-0.2, 0) is 11.2 Å². The normalized spacial score (nSPS) is 15.1. The van der Waals surface area contributed by atoms with Crippen molar-refractivity contribution < 1.29 is 9.53 Å². The number of carbonyl (C=O) groups is 1. The van der Waals surface area contributed by atoms with Crippen molar-refractivity contribution in [3.8, 4) is 5.75 Å². The Balaban J connectivity index is 1.71. The average Bonchev–Trinajstić information content (AvgIpc) is 2.27. The van der Waals surface area contributed by atoms with Gasteiger partial charge in [0.25, 0.3) is 0 Å². The molecule has 1 heterocycles. The summed E-state index contributed by atoms with van der Waals surface area (Å²) in [5.74, 6) is 1.20. The second-order valence-electron chi connectivity index (χ2n) is 4.24. The van der Waals surface area contributed by atoms with E-state index in [2.05, 4.69) is 10.6 Å². The second kappa shape index (κ2) is 5.68. The summed E-state index contributed by atoms with van der Waals surface area (Å²) >= 11 is 0. The first-order valence-corrected chi connectivity index (χ1v) is 5.91. The van der Waals surface area contributed by atoms with Gasteiger partial charge in [-0.15, -0.1) is 0 Å². The van der Waals surface area contributed by atoms with Crippen molar-refractivity contribution in [2.24, 2.45) is 5.92 Å². The maximum Gasteiger partial charge on any atom is 0.225 e. The fourth-order valence-electron chi connectivity index (χ4n) is 1.74. The van der Waals surface area contributed by atoms with Crippen LogP contribution >= 0.6 is 0 Å². The highest BCUT2D eigenvalue weighted by molar-refractivity contribution is 5.79. The van der Waals surface area contributed by atoms with E-state index in [9.17, 15) is 4.79 Å². The van der Waals surface area contributed by atoms with Gasteiger partial charge in [-0.25, -0.2) is 0 Å². The molecule has 0 aliphatic carbocycles. The molecule has 4 nitrogen and oxygen atoms in total. The molecule has 1 aliphatic heterocycles. The second-order valence-corrected chi connectivity index (χ2v) is 4.24. The maximum atomic E-state index is 11.5. The van der Waals surface area contributed by atoms with Crippen LogP contribution in [0.4, 0.5) is 0 Å². The number of methoxy groups -OCH3 is 1. The molecule has 1 amide bonds. The first-order valence-electron chi connectivity index (χ1n) is 5.91. The quantitative estimate of drug-likeness (QED) is 0.783. The molecule has 0 saturated carbocycles. The van der Waals surface area contributed by atoms with Crippen LogP contribution in [0.1, 0.15) is 5.56 Å². The molecular weight excluding hydrogens is 216 g/mol. The van der Waals surface area contributed by atoms with Crippen molar-refractivity contribution in [1.29, 1.82) is 0 Å². The molecule has 4 heteroatoms. The first-order chi connectivity index (χ1) is 8.29. The topological polar surface area (TPSA) is 50.4 Å². The number of carbonyl (C=O) groups excluding carboxylic acids is 1. The zero-order chi connectivity index (χ0) is 12.1. The average molecular weight is 234 g/mol. The Morgan fingerprint density at radius 1 is 1.41 bits per heavy atom. The molecular formula is C13H18N2O2. The number of hydrogen-bond donors (Lipinski definition) is 2. The van der Waals surface area contributed by atoms with Crippen LogP contribution in [0.15, 0.2) is 24.3 Å². The summed E-state index contributed by atoms with van der Waals surface area (Å²) in [6, 6.07) is 7.92. The van der Waals surface area contributed by atoms with E-state index in [-0.39, 0.29) is 11.8 Å². The summed E-state index contributed by atoms with van der Waals surface area (Å²) in [5.41, 5.74) is 1.21. The minimum absolute atomic E-state index is 0.164. The van der Waals surface area contributed by atoms with E-state index in [0.717, 1.165) is 25.3 Å². The Labute approximate surface area is 101 Å². The molecule has 0 aromatic heterocycles. The van der Waals surface area contributed by atoms with E-state index >= 15 is 0 Å². The number of nitrogens with one attached hydrogen (secondary N) is 2. The minimum Gasteiger partial charge on any atom is -0.497 e. The van der Waals surface area contributed by atoms with Gasteiger partial charge in [0.2, 0.25) is 5.91 Å². The lowest BCUT2D eigenvalue weighted by Crippen LogP contribution is -2.51. The SMILES string of the molecule is COc1ccc(CCNC(=O)C2CNC2)cc1. The van der Waals surface area contributed by atoms with E-state index in [1.54, 1.807) is 7.11 Å². The summed E-state index contributed by atoms with van der Waals surface area (Å²) in [7, 11) is 1.65. The smallest absolute Gasteiger partial charge is 0.225 e. The molecule has 0 spiro atoms. The summed E-state index contributed by atoms with van der Waals surface area (Å²) in [5, 5.41) is 6.04. The maximum absolute atomic E-state index is 11.5. The molecule has 2 N–H and O–H groups in total. The summed E-state index contributed by atoms with van der Waals surface area (Å²) in [4.78, 5) is 11.5. The van der Waals surface area contributed by atoms with Crippen LogP contribution < -0.4 is 15.4 Å². The van der Waals surface area contributed by atoms with Gasteiger partial charge in [-0.05, 0) is 24.1 Å². The van der Waals surface area contributed by atoms with Gasteiger partial charge < -0.3 is 15.4 Å². The third kappa shape index (κ3) is 3.20. The monoisotopic (exact) mass is 234 g/mol. The lowest BCUT2D eigenvalue weighted by Gasteiger charge is -2.25. The highest BCUT2D eigenvalue weighted by Gasteiger charge is 2.23. The van der Waals surface area contributed by atoms with Crippen molar-refractivity contribution in [3.05, 3.63) is 29.8 Å². The molecule has 0 atom stereocenters. The van der Waals surface area contributed by atoms with E-state index in [1.165, 1.54) is 5.56 Å². The van der Waals surface area contributed by atoms with Gasteiger partial charge in [0.1, 0.15) is 5.75 Å². The van der Waals surface area contributed by atoms with Crippen molar-refractivity contribution >= 4 is 5.91 Å². The zero-order valence-electron chi connectivity index (χ0n) is 10.0. The van der Waals surface area contributed by atoms with Gasteiger partial charge in [0, 0.05) is 19.6 Å². The van der Waals surface area contributed by atoms with Gasteiger partial charge in [0.05, 0.1) is 13.0 Å². The van der Waals surface area contributed by atoms with Crippen molar-refractivity contribution in [2.45, 2.75) is 6.42 Å². The Kier molecular flexibility index (Phi) is 3.98. The molecule has 1 aliphatic rings. The lowest BCUT2D eigenvalue weighted by atomic mass is 10.0. The molecule has 17 heavy (non-hydrogen) atoms. The third-order valence-electron chi connectivity index (χ3n) is 3.02. The summed E-state index contributed by atoms with van der Waals surface area (Å²) in [6.07, 6.45) is 0.857. The van der Waals surface area contributed by atoms with Crippen molar-refractivity contribution in [2.75, 3.05) is 26.7 Å². The fraction of sp³-hybridized carbons (Fsp3) is 0.462. The van der Waals surface area contributed by atoms with E-state index < -0.39 is 0 Å². The molecule has 0 radical (unpaired) electrons. The highest BCUT2D eigenvalue weighted by Crippen LogP contribution is 2.11. The third-order valence-corrected chi connectivity index (χ3v) is 3.02. The first kappa shape index (κ1) is 11.9. The van der Waals surface area contributed by atoms with E-state index in [1.807, 2.05) is 24.3 Å². The van der Waals surface area contributed by atoms with Gasteiger partial charge in [-0.3, -0.25) is 4.79 Å². The van der Waals surface area contributed by atoms with Crippen LogP contribution in [0.2, 0.25) is 0 Å². The molecule has 1 aromatic carbocycles. The van der Waals surface area contributed by atoms with Gasteiger partial charge in [0.15, 0.2) is 0 Å². The predicted octanol–water partition coefficient (Wildman–Crippen LogP) is 0.573. The summed E-state index contributed by atoms with van der Waals surface area (Å²) < 4.78 is 5.09. The van der Waals surface area contributed by atoms with Crippen LogP contribution in [0.3, 0.4) is 0 Å². The molecule has 2 rings (SSSR count). The fourth-order valence-corrected chi connectivity index (χ4v) is 1.74. The van der Waals surface area contributed by atoms with Gasteiger partial charge >= 0.3 is 0 Å². The molecule has 0 bridgehead atoms. The molecule has 1 fully saturated rings.